The molecule has 0 aliphatic carbocycles. The number of epoxide rings is 1. The van der Waals surface area contributed by atoms with E-state index < -0.39 is 0 Å². The molecule has 0 N–H and O–H groups in total. The molecule has 1 spiro atoms. The lowest BCUT2D eigenvalue weighted by Crippen LogP contribution is -2.36. The molecule has 0 aromatic carbocycles. The topological polar surface area (TPSA) is 31.0 Å². The van der Waals surface area contributed by atoms with Gasteiger partial charge in [-0.05, 0) is 0 Å². The zero-order valence-electron chi connectivity index (χ0n) is 7.76. The average Bonchev–Trinajstić information content (AvgIpc) is 2.65. The highest BCUT2D eigenvalue weighted by molar-refractivity contribution is 4.93. The van der Waals surface area contributed by atoms with Gasteiger partial charge in [-0.25, -0.2) is 0 Å². The second-order valence-electron chi connectivity index (χ2n) is 4.62. The van der Waals surface area contributed by atoms with E-state index in [0.29, 0.717) is 13.2 Å². The summed E-state index contributed by atoms with van der Waals surface area (Å²) in [4.78, 5) is 0. The molecule has 0 bridgehead atoms. The zero-order valence-corrected chi connectivity index (χ0v) is 7.76. The van der Waals surface area contributed by atoms with Crippen LogP contribution in [-0.4, -0.2) is 38.6 Å². The maximum Gasteiger partial charge on any atom is 0.138 e. The Labute approximate surface area is 73.0 Å². The van der Waals surface area contributed by atoms with Crippen LogP contribution in [0.25, 0.3) is 0 Å². The lowest BCUT2D eigenvalue weighted by Gasteiger charge is -2.28. The fourth-order valence-corrected chi connectivity index (χ4v) is 1.38. The van der Waals surface area contributed by atoms with Crippen molar-refractivity contribution in [2.45, 2.75) is 19.4 Å². The minimum atomic E-state index is -0.0729. The van der Waals surface area contributed by atoms with Crippen molar-refractivity contribution in [3.63, 3.8) is 0 Å². The summed E-state index contributed by atoms with van der Waals surface area (Å²) in [6.07, 6.45) is 0. The second kappa shape index (κ2) is 2.69. The average molecular weight is 172 g/mol. The summed E-state index contributed by atoms with van der Waals surface area (Å²) in [5.74, 6) is 0. The minimum Gasteiger partial charge on any atom is -0.378 e. The summed E-state index contributed by atoms with van der Waals surface area (Å²) in [5.41, 5.74) is 0.0764. The van der Waals surface area contributed by atoms with Crippen LogP contribution in [0, 0.1) is 5.41 Å². The van der Waals surface area contributed by atoms with Crippen LogP contribution in [0.4, 0.5) is 0 Å². The van der Waals surface area contributed by atoms with E-state index in [9.17, 15) is 0 Å². The molecular formula is C9H16O3. The maximum absolute atomic E-state index is 5.56. The Morgan fingerprint density at radius 3 is 1.75 bits per heavy atom. The number of hydrogen-bond donors (Lipinski definition) is 0. The Morgan fingerprint density at radius 2 is 1.33 bits per heavy atom. The van der Waals surface area contributed by atoms with E-state index in [2.05, 4.69) is 13.8 Å². The van der Waals surface area contributed by atoms with Gasteiger partial charge in [-0.2, -0.15) is 0 Å². The highest BCUT2D eigenvalue weighted by Gasteiger charge is 2.47. The molecule has 12 heavy (non-hydrogen) atoms. The molecule has 70 valence electrons. The summed E-state index contributed by atoms with van der Waals surface area (Å²) < 4.78 is 16.4. The van der Waals surface area contributed by atoms with Crippen LogP contribution >= 0.6 is 0 Å². The molecule has 2 saturated heterocycles. The number of rotatable bonds is 0. The van der Waals surface area contributed by atoms with Crippen LogP contribution in [-0.2, 0) is 14.2 Å². The van der Waals surface area contributed by atoms with Crippen molar-refractivity contribution in [1.29, 1.82) is 0 Å². The van der Waals surface area contributed by atoms with Crippen molar-refractivity contribution in [2.75, 3.05) is 33.0 Å². The predicted molar refractivity (Wildman–Crippen MR) is 44.1 cm³/mol. The molecular weight excluding hydrogens is 156 g/mol. The molecule has 2 aliphatic heterocycles. The monoisotopic (exact) mass is 172 g/mol. The molecule has 2 aliphatic rings. The molecule has 0 unspecified atom stereocenters. The van der Waals surface area contributed by atoms with Crippen molar-refractivity contribution in [3.8, 4) is 0 Å². The molecule has 2 fully saturated rings. The van der Waals surface area contributed by atoms with Gasteiger partial charge in [0.05, 0.1) is 33.0 Å². The smallest absolute Gasteiger partial charge is 0.138 e. The van der Waals surface area contributed by atoms with Crippen molar-refractivity contribution in [1.82, 2.24) is 0 Å². The normalized spacial score (nSPS) is 32.5. The fraction of sp³-hybridized carbons (Fsp3) is 1.00. The van der Waals surface area contributed by atoms with Crippen LogP contribution < -0.4 is 0 Å². The van der Waals surface area contributed by atoms with Gasteiger partial charge in [0.1, 0.15) is 5.60 Å². The van der Waals surface area contributed by atoms with E-state index in [4.69, 9.17) is 14.2 Å². The van der Waals surface area contributed by atoms with Crippen LogP contribution in [0.5, 0.6) is 0 Å². The van der Waals surface area contributed by atoms with Crippen molar-refractivity contribution in [2.24, 2.45) is 5.41 Å². The summed E-state index contributed by atoms with van der Waals surface area (Å²) in [7, 11) is 0. The van der Waals surface area contributed by atoms with Crippen molar-refractivity contribution < 1.29 is 14.2 Å². The van der Waals surface area contributed by atoms with E-state index in [1.165, 1.54) is 0 Å². The first kappa shape index (κ1) is 8.48. The summed E-state index contributed by atoms with van der Waals surface area (Å²) in [6.45, 7) is 8.01. The molecule has 0 aromatic rings. The van der Waals surface area contributed by atoms with Crippen molar-refractivity contribution >= 4 is 0 Å². The first-order valence-corrected chi connectivity index (χ1v) is 4.42. The van der Waals surface area contributed by atoms with Gasteiger partial charge in [-0.1, -0.05) is 13.8 Å². The molecule has 2 rings (SSSR count). The summed E-state index contributed by atoms with van der Waals surface area (Å²) in [6, 6.07) is 0. The van der Waals surface area contributed by atoms with Crippen molar-refractivity contribution in [3.05, 3.63) is 0 Å². The highest BCUT2D eigenvalue weighted by atomic mass is 16.6. The summed E-state index contributed by atoms with van der Waals surface area (Å²) in [5, 5.41) is 0. The predicted octanol–water partition coefficient (Wildman–Crippen LogP) is 0.828. The maximum atomic E-state index is 5.56. The Hall–Kier alpha value is -0.120. The molecule has 0 atom stereocenters. The van der Waals surface area contributed by atoms with Gasteiger partial charge in [0.15, 0.2) is 0 Å². The van der Waals surface area contributed by atoms with Crippen LogP contribution in [0.1, 0.15) is 13.8 Å². The third kappa shape index (κ3) is 1.79. The number of hydrogen-bond acceptors (Lipinski definition) is 3. The SMILES string of the molecule is CC1(C)COCC2(COC1)CO2. The second-order valence-corrected chi connectivity index (χ2v) is 4.62. The van der Waals surface area contributed by atoms with Crippen LogP contribution in [0.3, 0.4) is 0 Å². The Bertz CT molecular complexity index is 153. The first-order chi connectivity index (χ1) is 5.62. The van der Waals surface area contributed by atoms with Gasteiger partial charge in [0.25, 0.3) is 0 Å². The minimum absolute atomic E-state index is 0.0729. The van der Waals surface area contributed by atoms with E-state index in [-0.39, 0.29) is 11.0 Å². The van der Waals surface area contributed by atoms with Gasteiger partial charge in [0.2, 0.25) is 0 Å². The Morgan fingerprint density at radius 1 is 0.833 bits per heavy atom. The van der Waals surface area contributed by atoms with E-state index >= 15 is 0 Å². The van der Waals surface area contributed by atoms with E-state index in [1.54, 1.807) is 0 Å². The van der Waals surface area contributed by atoms with Gasteiger partial charge < -0.3 is 14.2 Å². The van der Waals surface area contributed by atoms with Gasteiger partial charge in [0, 0.05) is 5.41 Å². The summed E-state index contributed by atoms with van der Waals surface area (Å²) >= 11 is 0. The molecule has 3 nitrogen and oxygen atoms in total. The van der Waals surface area contributed by atoms with E-state index in [0.717, 1.165) is 19.8 Å². The molecule has 3 heteroatoms. The van der Waals surface area contributed by atoms with E-state index in [1.807, 2.05) is 0 Å². The van der Waals surface area contributed by atoms with Gasteiger partial charge >= 0.3 is 0 Å². The molecule has 0 saturated carbocycles. The largest absolute Gasteiger partial charge is 0.378 e. The first-order valence-electron chi connectivity index (χ1n) is 4.42. The number of ether oxygens (including phenoxy) is 3. The zero-order chi connectivity index (χ0) is 8.66. The van der Waals surface area contributed by atoms with Crippen LogP contribution in [0.15, 0.2) is 0 Å². The lowest BCUT2D eigenvalue weighted by molar-refractivity contribution is -0.0718. The quantitative estimate of drug-likeness (QED) is 0.507. The Kier molecular flexibility index (Phi) is 1.90. The molecule has 2 heterocycles. The third-order valence-electron chi connectivity index (χ3n) is 2.27. The third-order valence-corrected chi connectivity index (χ3v) is 2.27. The van der Waals surface area contributed by atoms with Gasteiger partial charge in [-0.15, -0.1) is 0 Å². The fourth-order valence-electron chi connectivity index (χ4n) is 1.38. The Balaban J connectivity index is 1.89. The molecule has 0 amide bonds. The highest BCUT2D eigenvalue weighted by Crippen LogP contribution is 2.31. The van der Waals surface area contributed by atoms with Crippen LogP contribution in [0.2, 0.25) is 0 Å². The molecule has 0 radical (unpaired) electrons. The van der Waals surface area contributed by atoms with Gasteiger partial charge in [-0.3, -0.25) is 0 Å². The molecule has 0 aromatic heterocycles. The standard InChI is InChI=1S/C9H16O3/c1-8(2)3-10-5-9(7-12-9)6-11-4-8/h3-7H2,1-2H3. The lowest BCUT2D eigenvalue weighted by atomic mass is 9.96.